The molecule has 6 heteroatoms. The summed E-state index contributed by atoms with van der Waals surface area (Å²) in [6.45, 7) is 4.44. The topological polar surface area (TPSA) is 61.8 Å². The molecular formula is C12H17ClFN3O. The largest absolute Gasteiger partial charge is 0.409 e. The van der Waals surface area contributed by atoms with Crippen LogP contribution in [0.3, 0.4) is 0 Å². The van der Waals surface area contributed by atoms with Crippen LogP contribution >= 0.6 is 11.6 Å². The molecule has 0 fully saturated rings. The average molecular weight is 274 g/mol. The Labute approximate surface area is 111 Å². The maximum Gasteiger partial charge on any atom is 0.153 e. The molecule has 0 saturated heterocycles. The smallest absolute Gasteiger partial charge is 0.153 e. The third-order valence-corrected chi connectivity index (χ3v) is 3.00. The third kappa shape index (κ3) is 3.85. The van der Waals surface area contributed by atoms with Crippen molar-refractivity contribution < 1.29 is 9.60 Å². The molecule has 0 amide bonds. The molecule has 0 spiro atoms. The van der Waals surface area contributed by atoms with Crippen molar-refractivity contribution in [1.82, 2.24) is 4.90 Å². The van der Waals surface area contributed by atoms with Crippen LogP contribution in [-0.4, -0.2) is 28.5 Å². The zero-order valence-electron chi connectivity index (χ0n) is 10.4. The summed E-state index contributed by atoms with van der Waals surface area (Å²) in [5, 5.41) is 11.9. The van der Waals surface area contributed by atoms with E-state index < -0.39 is 0 Å². The Morgan fingerprint density at radius 2 is 2.22 bits per heavy atom. The minimum atomic E-state index is -0.354. The fraction of sp³-hybridized carbons (Fsp3) is 0.417. The van der Waals surface area contributed by atoms with Crippen LogP contribution < -0.4 is 5.73 Å². The van der Waals surface area contributed by atoms with Crippen LogP contribution in [0.15, 0.2) is 23.4 Å². The van der Waals surface area contributed by atoms with E-state index in [0.717, 1.165) is 0 Å². The summed E-state index contributed by atoms with van der Waals surface area (Å²) in [4.78, 5) is 1.86. The number of halogens is 2. The molecule has 0 saturated carbocycles. The monoisotopic (exact) mass is 273 g/mol. The summed E-state index contributed by atoms with van der Waals surface area (Å²) < 4.78 is 13.7. The first-order valence-corrected chi connectivity index (χ1v) is 5.96. The number of rotatable bonds is 5. The first-order chi connectivity index (χ1) is 8.45. The van der Waals surface area contributed by atoms with Gasteiger partial charge in [0, 0.05) is 23.2 Å². The Morgan fingerprint density at radius 3 is 2.72 bits per heavy atom. The number of hydrogen-bond donors (Lipinski definition) is 2. The van der Waals surface area contributed by atoms with Gasteiger partial charge in [0.1, 0.15) is 5.82 Å². The number of nitrogens with two attached hydrogens (primary N) is 1. The summed E-state index contributed by atoms with van der Waals surface area (Å²) in [6, 6.07) is 4.68. The van der Waals surface area contributed by atoms with Gasteiger partial charge in [0.2, 0.25) is 0 Å². The molecule has 0 unspecified atom stereocenters. The molecule has 0 radical (unpaired) electrons. The van der Waals surface area contributed by atoms with E-state index in [1.165, 1.54) is 6.07 Å². The van der Waals surface area contributed by atoms with E-state index in [1.807, 2.05) is 18.7 Å². The summed E-state index contributed by atoms with van der Waals surface area (Å²) >= 11 is 5.97. The van der Waals surface area contributed by atoms with Crippen LogP contribution in [0.1, 0.15) is 19.4 Å². The second kappa shape index (κ2) is 6.56. The first kappa shape index (κ1) is 14.7. The molecule has 100 valence electrons. The molecule has 3 N–H and O–H groups in total. The van der Waals surface area contributed by atoms with Crippen molar-refractivity contribution in [3.05, 3.63) is 34.6 Å². The van der Waals surface area contributed by atoms with Gasteiger partial charge in [-0.25, -0.2) is 4.39 Å². The lowest BCUT2D eigenvalue weighted by Crippen LogP contribution is -2.38. The summed E-state index contributed by atoms with van der Waals surface area (Å²) in [7, 11) is 0. The lowest BCUT2D eigenvalue weighted by atomic mass is 10.1. The maximum absolute atomic E-state index is 13.7. The van der Waals surface area contributed by atoms with Crippen molar-refractivity contribution >= 4 is 17.4 Å². The van der Waals surface area contributed by atoms with Crippen LogP contribution in [0.25, 0.3) is 0 Å². The summed E-state index contributed by atoms with van der Waals surface area (Å²) in [5.74, 6) is -0.274. The highest BCUT2D eigenvalue weighted by molar-refractivity contribution is 6.31. The predicted molar refractivity (Wildman–Crippen MR) is 70.4 cm³/mol. The molecule has 0 aliphatic carbocycles. The van der Waals surface area contributed by atoms with E-state index in [1.54, 1.807) is 12.1 Å². The van der Waals surface area contributed by atoms with Gasteiger partial charge in [-0.15, -0.1) is 0 Å². The molecule has 18 heavy (non-hydrogen) atoms. The maximum atomic E-state index is 13.7. The zero-order chi connectivity index (χ0) is 13.7. The lowest BCUT2D eigenvalue weighted by molar-refractivity contribution is 0.235. The molecule has 0 aliphatic rings. The van der Waals surface area contributed by atoms with Crippen molar-refractivity contribution in [3.8, 4) is 0 Å². The van der Waals surface area contributed by atoms with E-state index in [4.69, 9.17) is 22.5 Å². The molecule has 0 aliphatic heterocycles. The van der Waals surface area contributed by atoms with E-state index in [0.29, 0.717) is 17.1 Å². The fourth-order valence-corrected chi connectivity index (χ4v) is 1.77. The average Bonchev–Trinajstić information content (AvgIpc) is 2.31. The highest BCUT2D eigenvalue weighted by Gasteiger charge is 2.16. The normalized spacial score (nSPS) is 12.4. The number of benzene rings is 1. The second-order valence-corrected chi connectivity index (χ2v) is 4.70. The van der Waals surface area contributed by atoms with Crippen LogP contribution in [0.5, 0.6) is 0 Å². The minimum absolute atomic E-state index is 0.0798. The Balaban J connectivity index is 2.90. The van der Waals surface area contributed by atoms with Gasteiger partial charge in [-0.3, -0.25) is 4.90 Å². The Kier molecular flexibility index (Phi) is 5.37. The molecule has 0 bridgehead atoms. The van der Waals surface area contributed by atoms with Gasteiger partial charge in [-0.05, 0) is 26.0 Å². The van der Waals surface area contributed by atoms with Gasteiger partial charge in [0.05, 0.1) is 6.54 Å². The SMILES string of the molecule is CC(C)N(CC(N)=NO)Cc1c(F)cccc1Cl. The predicted octanol–water partition coefficient (Wildman–Crippen LogP) is 2.44. The van der Waals surface area contributed by atoms with Crippen LogP contribution in [0, 0.1) is 5.82 Å². The van der Waals surface area contributed by atoms with Gasteiger partial charge in [-0.1, -0.05) is 22.8 Å². The molecule has 1 rings (SSSR count). The van der Waals surface area contributed by atoms with Crippen molar-refractivity contribution in [2.75, 3.05) is 6.54 Å². The molecule has 1 aromatic rings. The van der Waals surface area contributed by atoms with Gasteiger partial charge >= 0.3 is 0 Å². The van der Waals surface area contributed by atoms with E-state index >= 15 is 0 Å². The van der Waals surface area contributed by atoms with Crippen molar-refractivity contribution in [2.45, 2.75) is 26.4 Å². The van der Waals surface area contributed by atoms with E-state index in [2.05, 4.69) is 5.16 Å². The number of oxime groups is 1. The standard InChI is InChI=1S/C12H17ClFN3O/c1-8(2)17(7-12(15)16-18)6-9-10(13)4-3-5-11(9)14/h3-5,8,18H,6-7H2,1-2H3,(H2,15,16). The van der Waals surface area contributed by atoms with Crippen molar-refractivity contribution in [1.29, 1.82) is 0 Å². The Morgan fingerprint density at radius 1 is 1.56 bits per heavy atom. The summed E-state index contributed by atoms with van der Waals surface area (Å²) in [5.41, 5.74) is 5.89. The highest BCUT2D eigenvalue weighted by Crippen LogP contribution is 2.21. The van der Waals surface area contributed by atoms with Gasteiger partial charge in [-0.2, -0.15) is 0 Å². The summed E-state index contributed by atoms with van der Waals surface area (Å²) in [6.07, 6.45) is 0. The van der Waals surface area contributed by atoms with Crippen LogP contribution in [0.4, 0.5) is 4.39 Å². The molecule has 0 atom stereocenters. The molecule has 0 heterocycles. The fourth-order valence-electron chi connectivity index (χ4n) is 1.55. The van der Waals surface area contributed by atoms with E-state index in [9.17, 15) is 4.39 Å². The van der Waals surface area contributed by atoms with Crippen LogP contribution in [0.2, 0.25) is 5.02 Å². The van der Waals surface area contributed by atoms with Crippen molar-refractivity contribution in [2.24, 2.45) is 10.9 Å². The van der Waals surface area contributed by atoms with Gasteiger partial charge in [0.15, 0.2) is 5.84 Å². The highest BCUT2D eigenvalue weighted by atomic mass is 35.5. The molecule has 0 aromatic heterocycles. The Bertz CT molecular complexity index is 417. The molecule has 4 nitrogen and oxygen atoms in total. The number of hydrogen-bond acceptors (Lipinski definition) is 3. The Hall–Kier alpha value is -1.33. The van der Waals surface area contributed by atoms with Gasteiger partial charge < -0.3 is 10.9 Å². The minimum Gasteiger partial charge on any atom is -0.409 e. The lowest BCUT2D eigenvalue weighted by Gasteiger charge is -2.26. The quantitative estimate of drug-likeness (QED) is 0.375. The number of amidine groups is 1. The third-order valence-electron chi connectivity index (χ3n) is 2.65. The van der Waals surface area contributed by atoms with Gasteiger partial charge in [0.25, 0.3) is 0 Å². The first-order valence-electron chi connectivity index (χ1n) is 5.59. The molecular weight excluding hydrogens is 257 g/mol. The van der Waals surface area contributed by atoms with E-state index in [-0.39, 0.29) is 24.2 Å². The second-order valence-electron chi connectivity index (χ2n) is 4.29. The van der Waals surface area contributed by atoms with Crippen molar-refractivity contribution in [3.63, 3.8) is 0 Å². The van der Waals surface area contributed by atoms with Crippen LogP contribution in [-0.2, 0) is 6.54 Å². The molecule has 1 aromatic carbocycles. The number of nitrogens with zero attached hydrogens (tertiary/aromatic N) is 2. The zero-order valence-corrected chi connectivity index (χ0v) is 11.2.